The highest BCUT2D eigenvalue weighted by Crippen LogP contribution is 2.39. The maximum Gasteiger partial charge on any atom is 0.153 e. The van der Waals surface area contributed by atoms with E-state index in [1.165, 1.54) is 6.26 Å². The van der Waals surface area contributed by atoms with E-state index in [1.807, 2.05) is 0 Å². The minimum atomic E-state index is -3.28. The van der Waals surface area contributed by atoms with E-state index in [0.717, 1.165) is 0 Å². The van der Waals surface area contributed by atoms with Crippen LogP contribution in [0.5, 0.6) is 0 Å². The van der Waals surface area contributed by atoms with Crippen LogP contribution in [0.25, 0.3) is 0 Å². The molecule has 0 spiro atoms. The fourth-order valence-electron chi connectivity index (χ4n) is 2.85. The Hall–Kier alpha value is -0.290. The number of benzene rings is 1. The van der Waals surface area contributed by atoms with Crippen LogP contribution in [0.1, 0.15) is 24.8 Å². The molecule has 1 aliphatic rings. The predicted molar refractivity (Wildman–Crippen MR) is 77.6 cm³/mol. The minimum Gasteiger partial charge on any atom is -0.388 e. The maximum atomic E-state index is 11.8. The normalized spacial score (nSPS) is 27.7. The molecule has 3 nitrogen and oxygen atoms in total. The Morgan fingerprint density at radius 2 is 2.11 bits per heavy atom. The Kier molecular flexibility index (Phi) is 4.17. The fraction of sp³-hybridized carbons (Fsp3) is 0.538. The number of rotatable bonds is 3. The van der Waals surface area contributed by atoms with E-state index in [2.05, 4.69) is 0 Å². The molecule has 0 radical (unpaired) electrons. The average molecular weight is 323 g/mol. The molecule has 0 saturated heterocycles. The zero-order chi connectivity index (χ0) is 14.3. The highest BCUT2D eigenvalue weighted by Gasteiger charge is 2.46. The molecule has 106 valence electrons. The molecule has 19 heavy (non-hydrogen) atoms. The molecule has 6 heteroatoms. The third-order valence-electron chi connectivity index (χ3n) is 3.72. The largest absolute Gasteiger partial charge is 0.388 e. The van der Waals surface area contributed by atoms with Crippen molar-refractivity contribution in [3.63, 3.8) is 0 Å². The first-order chi connectivity index (χ1) is 8.74. The second kappa shape index (κ2) is 5.24. The molecule has 0 heterocycles. The van der Waals surface area contributed by atoms with Gasteiger partial charge >= 0.3 is 0 Å². The van der Waals surface area contributed by atoms with Crippen molar-refractivity contribution in [3.8, 4) is 0 Å². The van der Waals surface area contributed by atoms with Gasteiger partial charge in [0.2, 0.25) is 0 Å². The van der Waals surface area contributed by atoms with Crippen LogP contribution in [0.15, 0.2) is 18.2 Å². The molecule has 0 aliphatic heterocycles. The lowest BCUT2D eigenvalue weighted by Crippen LogP contribution is -2.44. The summed E-state index contributed by atoms with van der Waals surface area (Å²) in [5, 5.41) is 10.7. The smallest absolute Gasteiger partial charge is 0.153 e. The molecule has 2 unspecified atom stereocenters. The predicted octanol–water partition coefficient (Wildman–Crippen LogP) is 2.86. The summed E-state index contributed by atoms with van der Waals surface area (Å²) in [6.07, 6.45) is 3.05. The molecule has 0 aromatic heterocycles. The molecular formula is C13H16Cl2O3S. The summed E-state index contributed by atoms with van der Waals surface area (Å²) in [5.41, 5.74) is -0.561. The van der Waals surface area contributed by atoms with Gasteiger partial charge < -0.3 is 5.11 Å². The van der Waals surface area contributed by atoms with E-state index in [4.69, 9.17) is 23.2 Å². The molecule has 1 aliphatic carbocycles. The van der Waals surface area contributed by atoms with Crippen LogP contribution >= 0.6 is 23.2 Å². The fourth-order valence-corrected chi connectivity index (χ4v) is 4.83. The van der Waals surface area contributed by atoms with Gasteiger partial charge in [-0.1, -0.05) is 35.3 Å². The van der Waals surface area contributed by atoms with E-state index in [1.54, 1.807) is 18.2 Å². The zero-order valence-electron chi connectivity index (χ0n) is 10.6. The second-order valence-corrected chi connectivity index (χ2v) is 8.22. The van der Waals surface area contributed by atoms with Gasteiger partial charge in [0, 0.05) is 12.7 Å². The Bertz CT molecular complexity index is 586. The molecule has 0 amide bonds. The van der Waals surface area contributed by atoms with Gasteiger partial charge in [0.05, 0.1) is 20.9 Å². The summed E-state index contributed by atoms with van der Waals surface area (Å²) in [4.78, 5) is 0. The molecule has 1 fully saturated rings. The van der Waals surface area contributed by atoms with Crippen molar-refractivity contribution in [3.05, 3.63) is 33.8 Å². The van der Waals surface area contributed by atoms with Gasteiger partial charge in [-0.25, -0.2) is 8.42 Å². The van der Waals surface area contributed by atoms with Gasteiger partial charge in [0.15, 0.2) is 9.84 Å². The molecule has 0 bridgehead atoms. The van der Waals surface area contributed by atoms with Gasteiger partial charge in [-0.15, -0.1) is 0 Å². The van der Waals surface area contributed by atoms with Gasteiger partial charge in [-0.2, -0.15) is 0 Å². The molecule has 1 aromatic rings. The Morgan fingerprint density at radius 3 is 2.74 bits per heavy atom. The number of halogens is 2. The first-order valence-electron chi connectivity index (χ1n) is 6.08. The van der Waals surface area contributed by atoms with Gasteiger partial charge in [0.25, 0.3) is 0 Å². The summed E-state index contributed by atoms with van der Waals surface area (Å²) < 4.78 is 23.5. The van der Waals surface area contributed by atoms with Crippen LogP contribution in [-0.2, 0) is 16.3 Å². The Labute approximate surface area is 123 Å². The van der Waals surface area contributed by atoms with Gasteiger partial charge in [-0.3, -0.25) is 0 Å². The first kappa shape index (κ1) is 15.1. The van der Waals surface area contributed by atoms with Crippen molar-refractivity contribution in [1.82, 2.24) is 0 Å². The SMILES string of the molecule is CS(=O)(=O)C1CCCC1(O)Cc1cccc(Cl)c1Cl. The van der Waals surface area contributed by atoms with Crippen molar-refractivity contribution < 1.29 is 13.5 Å². The molecule has 2 rings (SSSR count). The standard InChI is InChI=1S/C13H16Cl2O3S/c1-19(17,18)11-6-3-7-13(11,16)8-9-4-2-5-10(14)12(9)15/h2,4-5,11,16H,3,6-8H2,1H3. The quantitative estimate of drug-likeness (QED) is 0.930. The molecule has 1 N–H and O–H groups in total. The zero-order valence-corrected chi connectivity index (χ0v) is 12.9. The lowest BCUT2D eigenvalue weighted by molar-refractivity contribution is 0.0513. The van der Waals surface area contributed by atoms with Crippen LogP contribution in [0.4, 0.5) is 0 Å². The van der Waals surface area contributed by atoms with Crippen molar-refractivity contribution >= 4 is 33.0 Å². The van der Waals surface area contributed by atoms with E-state index in [0.29, 0.717) is 34.9 Å². The number of sulfone groups is 1. The molecular weight excluding hydrogens is 307 g/mol. The van der Waals surface area contributed by atoms with Crippen LogP contribution in [0.3, 0.4) is 0 Å². The summed E-state index contributed by atoms with van der Waals surface area (Å²) in [7, 11) is -3.28. The van der Waals surface area contributed by atoms with Crippen LogP contribution < -0.4 is 0 Å². The van der Waals surface area contributed by atoms with Crippen molar-refractivity contribution in [1.29, 1.82) is 0 Å². The van der Waals surface area contributed by atoms with E-state index in [-0.39, 0.29) is 6.42 Å². The lowest BCUT2D eigenvalue weighted by atomic mass is 9.92. The summed E-state index contributed by atoms with van der Waals surface area (Å²) in [6, 6.07) is 5.18. The summed E-state index contributed by atoms with van der Waals surface area (Å²) in [5.74, 6) is 0. The maximum absolute atomic E-state index is 11.8. The monoisotopic (exact) mass is 322 g/mol. The van der Waals surface area contributed by atoms with Crippen molar-refractivity contribution in [2.24, 2.45) is 0 Å². The average Bonchev–Trinajstić information content (AvgIpc) is 2.67. The highest BCUT2D eigenvalue weighted by molar-refractivity contribution is 7.91. The third-order valence-corrected chi connectivity index (χ3v) is 6.29. The first-order valence-corrected chi connectivity index (χ1v) is 8.79. The van der Waals surface area contributed by atoms with E-state index < -0.39 is 20.7 Å². The van der Waals surface area contributed by atoms with E-state index >= 15 is 0 Å². The lowest BCUT2D eigenvalue weighted by Gasteiger charge is -2.29. The number of hydrogen-bond acceptors (Lipinski definition) is 3. The number of aliphatic hydroxyl groups is 1. The number of hydrogen-bond donors (Lipinski definition) is 1. The minimum absolute atomic E-state index is 0.212. The van der Waals surface area contributed by atoms with Crippen LogP contribution in [0, 0.1) is 0 Å². The summed E-state index contributed by atoms with van der Waals surface area (Å²) in [6.45, 7) is 0. The molecule has 2 atom stereocenters. The van der Waals surface area contributed by atoms with Crippen molar-refractivity contribution in [2.45, 2.75) is 36.5 Å². The topological polar surface area (TPSA) is 54.4 Å². The Morgan fingerprint density at radius 1 is 1.42 bits per heavy atom. The van der Waals surface area contributed by atoms with E-state index in [9.17, 15) is 13.5 Å². The molecule has 1 saturated carbocycles. The van der Waals surface area contributed by atoms with Crippen molar-refractivity contribution in [2.75, 3.05) is 6.26 Å². The third kappa shape index (κ3) is 3.07. The Balaban J connectivity index is 2.33. The summed E-state index contributed by atoms with van der Waals surface area (Å²) >= 11 is 12.0. The van der Waals surface area contributed by atoms with Gasteiger partial charge in [-0.05, 0) is 30.9 Å². The molecule has 1 aromatic carbocycles. The van der Waals surface area contributed by atoms with Crippen LogP contribution in [0.2, 0.25) is 10.0 Å². The van der Waals surface area contributed by atoms with Crippen LogP contribution in [-0.4, -0.2) is 30.6 Å². The second-order valence-electron chi connectivity index (χ2n) is 5.20. The highest BCUT2D eigenvalue weighted by atomic mass is 35.5. The van der Waals surface area contributed by atoms with Gasteiger partial charge in [0.1, 0.15) is 0 Å².